The highest BCUT2D eigenvalue weighted by Crippen LogP contribution is 2.35. The van der Waals surface area contributed by atoms with E-state index in [9.17, 15) is 0 Å². The summed E-state index contributed by atoms with van der Waals surface area (Å²) in [5, 5.41) is 9.03. The van der Waals surface area contributed by atoms with Gasteiger partial charge in [-0.25, -0.2) is 0 Å². The quantitative estimate of drug-likeness (QED) is 0.819. The molecule has 0 saturated heterocycles. The van der Waals surface area contributed by atoms with Crippen molar-refractivity contribution in [3.05, 3.63) is 23.3 Å². The first-order valence-corrected chi connectivity index (χ1v) is 5.29. The molecule has 0 fully saturated rings. The van der Waals surface area contributed by atoms with Gasteiger partial charge in [0.15, 0.2) is 0 Å². The highest BCUT2D eigenvalue weighted by atomic mass is 16.5. The van der Waals surface area contributed by atoms with Crippen molar-refractivity contribution in [2.45, 2.75) is 19.3 Å². The van der Waals surface area contributed by atoms with Crippen molar-refractivity contribution in [1.29, 1.82) is 0 Å². The minimum Gasteiger partial charge on any atom is -0.496 e. The van der Waals surface area contributed by atoms with Crippen LogP contribution in [0, 0.1) is 0 Å². The zero-order valence-electron chi connectivity index (χ0n) is 8.95. The van der Waals surface area contributed by atoms with Crippen molar-refractivity contribution in [3.8, 4) is 11.5 Å². The van der Waals surface area contributed by atoms with Crippen LogP contribution in [-0.4, -0.2) is 25.4 Å². The molecule has 0 spiro atoms. The minimum absolute atomic E-state index is 0.121. The third-order valence-corrected chi connectivity index (χ3v) is 2.72. The van der Waals surface area contributed by atoms with E-state index in [4.69, 9.17) is 14.6 Å². The van der Waals surface area contributed by atoms with E-state index in [1.54, 1.807) is 7.11 Å². The molecule has 0 amide bonds. The maximum atomic E-state index is 9.03. The molecule has 82 valence electrons. The van der Waals surface area contributed by atoms with Gasteiger partial charge < -0.3 is 14.6 Å². The summed E-state index contributed by atoms with van der Waals surface area (Å²) in [6.07, 6.45) is 2.71. The number of aliphatic hydroxyl groups excluding tert-OH is 1. The summed E-state index contributed by atoms with van der Waals surface area (Å²) >= 11 is 0. The lowest BCUT2D eigenvalue weighted by Crippen LogP contribution is -2.12. The van der Waals surface area contributed by atoms with Crippen molar-refractivity contribution >= 4 is 0 Å². The molecule has 1 heterocycles. The van der Waals surface area contributed by atoms with Crippen molar-refractivity contribution < 1.29 is 14.6 Å². The van der Waals surface area contributed by atoms with Gasteiger partial charge in [0, 0.05) is 18.6 Å². The van der Waals surface area contributed by atoms with Crippen LogP contribution in [0.25, 0.3) is 0 Å². The molecule has 0 aromatic heterocycles. The number of aryl methyl sites for hydroxylation is 1. The highest BCUT2D eigenvalue weighted by Gasteiger charge is 2.17. The Hall–Kier alpha value is -1.22. The van der Waals surface area contributed by atoms with Crippen molar-refractivity contribution in [3.63, 3.8) is 0 Å². The maximum absolute atomic E-state index is 9.03. The van der Waals surface area contributed by atoms with E-state index >= 15 is 0 Å². The number of rotatable bonds is 3. The van der Waals surface area contributed by atoms with E-state index in [0.29, 0.717) is 6.42 Å². The third kappa shape index (κ3) is 1.92. The number of fused-ring (bicyclic) bond motifs is 1. The minimum atomic E-state index is 0.121. The predicted molar refractivity (Wildman–Crippen MR) is 57.6 cm³/mol. The molecular weight excluding hydrogens is 192 g/mol. The molecule has 2 rings (SSSR count). The van der Waals surface area contributed by atoms with E-state index in [0.717, 1.165) is 36.5 Å². The zero-order chi connectivity index (χ0) is 10.7. The van der Waals surface area contributed by atoms with E-state index in [-0.39, 0.29) is 6.61 Å². The van der Waals surface area contributed by atoms with Crippen LogP contribution < -0.4 is 9.47 Å². The van der Waals surface area contributed by atoms with Crippen LogP contribution in [0.1, 0.15) is 17.5 Å². The Labute approximate surface area is 89.6 Å². The Morgan fingerprint density at radius 2 is 2.33 bits per heavy atom. The molecule has 1 aliphatic heterocycles. The van der Waals surface area contributed by atoms with Gasteiger partial charge in [0.25, 0.3) is 0 Å². The molecule has 1 N–H and O–H groups in total. The van der Waals surface area contributed by atoms with Crippen molar-refractivity contribution in [1.82, 2.24) is 0 Å². The second-order valence-corrected chi connectivity index (χ2v) is 3.66. The molecule has 0 bridgehead atoms. The van der Waals surface area contributed by atoms with Crippen LogP contribution in [0.5, 0.6) is 11.5 Å². The summed E-state index contributed by atoms with van der Waals surface area (Å²) < 4.78 is 10.9. The van der Waals surface area contributed by atoms with E-state index in [1.807, 2.05) is 12.1 Å². The van der Waals surface area contributed by atoms with Gasteiger partial charge in [-0.15, -0.1) is 0 Å². The first-order chi connectivity index (χ1) is 7.36. The second-order valence-electron chi connectivity index (χ2n) is 3.66. The van der Waals surface area contributed by atoms with Gasteiger partial charge in [0.2, 0.25) is 0 Å². The molecule has 0 aliphatic carbocycles. The van der Waals surface area contributed by atoms with Crippen LogP contribution >= 0.6 is 0 Å². The van der Waals surface area contributed by atoms with Gasteiger partial charge in [-0.3, -0.25) is 0 Å². The maximum Gasteiger partial charge on any atom is 0.129 e. The van der Waals surface area contributed by atoms with Crippen LogP contribution in [-0.2, 0) is 12.8 Å². The summed E-state index contributed by atoms with van der Waals surface area (Å²) in [6, 6.07) is 4.01. The fraction of sp³-hybridized carbons (Fsp3) is 0.500. The number of ether oxygens (including phenoxy) is 2. The number of hydrogen-bond acceptors (Lipinski definition) is 3. The molecule has 15 heavy (non-hydrogen) atoms. The van der Waals surface area contributed by atoms with E-state index in [1.165, 1.54) is 5.56 Å². The summed E-state index contributed by atoms with van der Waals surface area (Å²) in [5.41, 5.74) is 2.22. The summed E-state index contributed by atoms with van der Waals surface area (Å²) in [4.78, 5) is 0. The van der Waals surface area contributed by atoms with Crippen LogP contribution in [0.3, 0.4) is 0 Å². The second kappa shape index (κ2) is 4.53. The molecule has 3 nitrogen and oxygen atoms in total. The van der Waals surface area contributed by atoms with E-state index < -0.39 is 0 Å². The first kappa shape index (κ1) is 10.3. The zero-order valence-corrected chi connectivity index (χ0v) is 8.95. The molecule has 0 unspecified atom stereocenters. The summed E-state index contributed by atoms with van der Waals surface area (Å²) in [5.74, 6) is 1.74. The summed E-state index contributed by atoms with van der Waals surface area (Å²) in [6.45, 7) is 0.884. The van der Waals surface area contributed by atoms with Crippen LogP contribution in [0.2, 0.25) is 0 Å². The molecule has 1 aromatic rings. The molecule has 1 aliphatic rings. The fourth-order valence-corrected chi connectivity index (χ4v) is 2.01. The average Bonchev–Trinajstić information content (AvgIpc) is 2.30. The Morgan fingerprint density at radius 3 is 3.07 bits per heavy atom. The normalized spacial score (nSPS) is 14.3. The number of benzene rings is 1. The van der Waals surface area contributed by atoms with Gasteiger partial charge in [0.1, 0.15) is 11.5 Å². The molecule has 3 heteroatoms. The van der Waals surface area contributed by atoms with Gasteiger partial charge in [-0.1, -0.05) is 6.07 Å². The Bertz CT molecular complexity index is 347. The number of aliphatic hydroxyl groups is 1. The van der Waals surface area contributed by atoms with Gasteiger partial charge in [-0.2, -0.15) is 0 Å². The predicted octanol–water partition coefficient (Wildman–Crippen LogP) is 1.55. The molecule has 1 aromatic carbocycles. The molecule has 0 atom stereocenters. The molecule has 0 saturated carbocycles. The third-order valence-electron chi connectivity index (χ3n) is 2.72. The monoisotopic (exact) mass is 208 g/mol. The lowest BCUT2D eigenvalue weighted by molar-refractivity contribution is 0.269. The molecular formula is C12H16O3. The van der Waals surface area contributed by atoms with Gasteiger partial charge in [0.05, 0.1) is 13.7 Å². The van der Waals surface area contributed by atoms with Gasteiger partial charge in [-0.05, 0) is 24.5 Å². The SMILES string of the molecule is COc1ccc2c(c1CCO)OCCC2. The topological polar surface area (TPSA) is 38.7 Å². The van der Waals surface area contributed by atoms with Crippen LogP contribution in [0.4, 0.5) is 0 Å². The molecule has 0 radical (unpaired) electrons. The smallest absolute Gasteiger partial charge is 0.129 e. The fourth-order valence-electron chi connectivity index (χ4n) is 2.01. The lowest BCUT2D eigenvalue weighted by atomic mass is 10.00. The van der Waals surface area contributed by atoms with Gasteiger partial charge >= 0.3 is 0 Å². The number of methoxy groups -OCH3 is 1. The largest absolute Gasteiger partial charge is 0.496 e. The van der Waals surface area contributed by atoms with Crippen molar-refractivity contribution in [2.24, 2.45) is 0 Å². The number of hydrogen-bond donors (Lipinski definition) is 1. The first-order valence-electron chi connectivity index (χ1n) is 5.29. The Balaban J connectivity index is 2.44. The lowest BCUT2D eigenvalue weighted by Gasteiger charge is -2.21. The standard InChI is InChI=1S/C12H16O3/c1-14-11-5-4-9-3-2-8-15-12(9)10(11)6-7-13/h4-5,13H,2-3,6-8H2,1H3. The Morgan fingerprint density at radius 1 is 1.47 bits per heavy atom. The summed E-state index contributed by atoms with van der Waals surface area (Å²) in [7, 11) is 1.64. The Kier molecular flexibility index (Phi) is 3.11. The van der Waals surface area contributed by atoms with Crippen molar-refractivity contribution in [2.75, 3.05) is 20.3 Å². The van der Waals surface area contributed by atoms with Crippen LogP contribution in [0.15, 0.2) is 12.1 Å². The highest BCUT2D eigenvalue weighted by molar-refractivity contribution is 5.51. The average molecular weight is 208 g/mol. The van der Waals surface area contributed by atoms with E-state index in [2.05, 4.69) is 0 Å².